The summed E-state index contributed by atoms with van der Waals surface area (Å²) in [7, 11) is 0. The van der Waals surface area contributed by atoms with Crippen molar-refractivity contribution in [2.45, 2.75) is 18.9 Å². The van der Waals surface area contributed by atoms with E-state index in [1.807, 2.05) is 48.5 Å². The van der Waals surface area contributed by atoms with Crippen molar-refractivity contribution in [1.82, 2.24) is 20.4 Å². The number of likely N-dealkylation sites (tertiary alicyclic amines) is 1. The largest absolute Gasteiger partial charge is 0.490 e. The Morgan fingerprint density at radius 3 is 2.64 bits per heavy atom. The number of H-pyrrole nitrogens is 1. The van der Waals surface area contributed by atoms with Crippen LogP contribution in [0.25, 0.3) is 11.3 Å². The van der Waals surface area contributed by atoms with E-state index in [1.54, 1.807) is 17.0 Å². The maximum atomic E-state index is 12.6. The molecule has 0 atom stereocenters. The summed E-state index contributed by atoms with van der Waals surface area (Å²) in [6, 6.07) is 18.6. The maximum Gasteiger partial charge on any atom is 0.272 e. The topological polar surface area (TPSA) is 120 Å². The molecule has 1 fully saturated rings. The molecule has 9 nitrogen and oxygen atoms in total. The molecule has 9 heteroatoms. The summed E-state index contributed by atoms with van der Waals surface area (Å²) in [6.45, 7) is 0.986. The maximum absolute atomic E-state index is 12.6. The van der Waals surface area contributed by atoms with Gasteiger partial charge in [0.25, 0.3) is 5.91 Å². The van der Waals surface area contributed by atoms with Gasteiger partial charge in [0.05, 0.1) is 18.5 Å². The van der Waals surface area contributed by atoms with Crippen molar-refractivity contribution >= 4 is 18.0 Å². The van der Waals surface area contributed by atoms with Gasteiger partial charge in [-0.1, -0.05) is 47.6 Å². The van der Waals surface area contributed by atoms with Gasteiger partial charge in [-0.3, -0.25) is 14.7 Å². The molecular formula is C24H25N5O4. The van der Waals surface area contributed by atoms with Crippen LogP contribution < -0.4 is 10.1 Å². The van der Waals surface area contributed by atoms with E-state index in [-0.39, 0.29) is 24.2 Å². The van der Waals surface area contributed by atoms with Gasteiger partial charge in [0.15, 0.2) is 5.69 Å². The number of hydrogen-bond acceptors (Lipinski definition) is 6. The number of para-hydroxylation sites is 1. The quantitative estimate of drug-likeness (QED) is 0.292. The van der Waals surface area contributed by atoms with Crippen LogP contribution >= 0.6 is 0 Å². The average Bonchev–Trinajstić information content (AvgIpc) is 3.35. The fourth-order valence-corrected chi connectivity index (χ4v) is 3.72. The van der Waals surface area contributed by atoms with Crippen LogP contribution in [0.1, 0.15) is 28.9 Å². The highest BCUT2D eigenvalue weighted by atomic mass is 16.5. The molecule has 3 N–H and O–H groups in total. The molecule has 0 spiro atoms. The summed E-state index contributed by atoms with van der Waals surface area (Å²) in [5, 5.41) is 21.4. The number of aromatic nitrogens is 2. The minimum absolute atomic E-state index is 0.0441. The average molecular weight is 447 g/mol. The number of benzene rings is 2. The molecule has 0 bridgehead atoms. The summed E-state index contributed by atoms with van der Waals surface area (Å²) in [5.74, 6) is 0.0943. The first-order valence-corrected chi connectivity index (χ1v) is 10.7. The molecule has 2 aromatic carbocycles. The van der Waals surface area contributed by atoms with Crippen LogP contribution in [0.15, 0.2) is 65.8 Å². The lowest BCUT2D eigenvalue weighted by Crippen LogP contribution is -2.46. The molecule has 170 valence electrons. The van der Waals surface area contributed by atoms with Crippen LogP contribution in [-0.4, -0.2) is 64.1 Å². The number of hydrogen-bond donors (Lipinski definition) is 3. The van der Waals surface area contributed by atoms with E-state index in [9.17, 15) is 9.59 Å². The van der Waals surface area contributed by atoms with Crippen LogP contribution in [-0.2, 0) is 4.79 Å². The van der Waals surface area contributed by atoms with Gasteiger partial charge in [0.1, 0.15) is 11.9 Å². The minimum atomic E-state index is -0.401. The first-order chi connectivity index (χ1) is 16.1. The van der Waals surface area contributed by atoms with Crippen LogP contribution in [0, 0.1) is 0 Å². The van der Waals surface area contributed by atoms with Crippen molar-refractivity contribution < 1.29 is 19.5 Å². The van der Waals surface area contributed by atoms with E-state index in [2.05, 4.69) is 20.7 Å². The molecule has 2 amide bonds. The van der Waals surface area contributed by atoms with E-state index in [0.717, 1.165) is 11.3 Å². The van der Waals surface area contributed by atoms with E-state index < -0.39 is 5.91 Å². The molecule has 33 heavy (non-hydrogen) atoms. The molecule has 0 radical (unpaired) electrons. The van der Waals surface area contributed by atoms with Crippen molar-refractivity contribution in [3.8, 4) is 17.0 Å². The minimum Gasteiger partial charge on any atom is -0.490 e. The number of nitrogens with one attached hydrogen (secondary N) is 2. The Morgan fingerprint density at radius 2 is 1.88 bits per heavy atom. The molecule has 3 aromatic rings. The summed E-state index contributed by atoms with van der Waals surface area (Å²) in [6.07, 6.45) is 2.63. The number of oxime groups is 1. The van der Waals surface area contributed by atoms with Gasteiger partial charge in [0.2, 0.25) is 5.91 Å². The Kier molecular flexibility index (Phi) is 6.99. The van der Waals surface area contributed by atoms with Crippen molar-refractivity contribution in [1.29, 1.82) is 0 Å². The lowest BCUT2D eigenvalue weighted by Gasteiger charge is -2.32. The zero-order valence-electron chi connectivity index (χ0n) is 18.0. The van der Waals surface area contributed by atoms with Crippen molar-refractivity contribution in [3.63, 3.8) is 0 Å². The molecule has 0 unspecified atom stereocenters. The standard InChI is InChI=1S/C24H25N5O4/c30-23(16-25-24(31)21-14-20(27-28-21)17-6-2-1-3-7-17)29-12-10-19(11-13-29)33-22-9-5-4-8-18(22)15-26-32/h1-9,14-15,19,32H,10-13,16H2,(H,25,31)(H,27,28). The number of aromatic amines is 1. The molecular weight excluding hydrogens is 422 g/mol. The second-order valence-corrected chi connectivity index (χ2v) is 7.70. The monoisotopic (exact) mass is 447 g/mol. The second-order valence-electron chi connectivity index (χ2n) is 7.70. The van der Waals surface area contributed by atoms with Crippen LogP contribution in [0.5, 0.6) is 5.75 Å². The van der Waals surface area contributed by atoms with Gasteiger partial charge in [-0.2, -0.15) is 5.10 Å². The van der Waals surface area contributed by atoms with Crippen molar-refractivity contribution in [2.24, 2.45) is 5.16 Å². The highest BCUT2D eigenvalue weighted by Crippen LogP contribution is 2.22. The lowest BCUT2D eigenvalue weighted by molar-refractivity contribution is -0.131. The summed E-state index contributed by atoms with van der Waals surface area (Å²) >= 11 is 0. The smallest absolute Gasteiger partial charge is 0.272 e. The van der Waals surface area contributed by atoms with Gasteiger partial charge >= 0.3 is 0 Å². The third-order valence-electron chi connectivity index (χ3n) is 5.50. The first-order valence-electron chi connectivity index (χ1n) is 10.7. The summed E-state index contributed by atoms with van der Waals surface area (Å²) in [4.78, 5) is 26.7. The first kappa shape index (κ1) is 22.1. The van der Waals surface area contributed by atoms with Gasteiger partial charge in [-0.05, 0) is 23.8 Å². The van der Waals surface area contributed by atoms with Gasteiger partial charge in [0, 0.05) is 31.5 Å². The molecule has 2 heterocycles. The van der Waals surface area contributed by atoms with E-state index in [0.29, 0.717) is 37.2 Å². The molecule has 1 aliphatic heterocycles. The van der Waals surface area contributed by atoms with Gasteiger partial charge in [-0.15, -0.1) is 0 Å². The Hall–Kier alpha value is -4.14. The Balaban J connectivity index is 1.24. The van der Waals surface area contributed by atoms with Crippen molar-refractivity contribution in [2.75, 3.05) is 19.6 Å². The molecule has 0 aliphatic carbocycles. The van der Waals surface area contributed by atoms with Crippen LogP contribution in [0.2, 0.25) is 0 Å². The molecule has 1 aliphatic rings. The number of rotatable bonds is 7. The van der Waals surface area contributed by atoms with Crippen molar-refractivity contribution in [3.05, 3.63) is 71.9 Å². The highest BCUT2D eigenvalue weighted by molar-refractivity contribution is 5.95. The van der Waals surface area contributed by atoms with Gasteiger partial charge in [-0.25, -0.2) is 0 Å². The second kappa shape index (κ2) is 10.4. The van der Waals surface area contributed by atoms with Crippen LogP contribution in [0.3, 0.4) is 0 Å². The lowest BCUT2D eigenvalue weighted by atomic mass is 10.1. The number of carbonyl (C=O) groups is 2. The Labute approximate surface area is 191 Å². The zero-order chi connectivity index (χ0) is 23.0. The fourth-order valence-electron chi connectivity index (χ4n) is 3.72. The number of ether oxygens (including phenoxy) is 1. The van der Waals surface area contributed by atoms with E-state index in [1.165, 1.54) is 6.21 Å². The number of carbonyl (C=O) groups excluding carboxylic acids is 2. The summed E-state index contributed by atoms with van der Waals surface area (Å²) in [5.41, 5.74) is 2.59. The normalized spacial score (nSPS) is 14.4. The highest BCUT2D eigenvalue weighted by Gasteiger charge is 2.25. The number of nitrogens with zero attached hydrogens (tertiary/aromatic N) is 3. The third-order valence-corrected chi connectivity index (χ3v) is 5.50. The SMILES string of the molecule is O=C(NCC(=O)N1CCC(Oc2ccccc2C=NO)CC1)c1cc(-c2ccccc2)[nH]n1. The Bertz CT molecular complexity index is 1120. The number of amides is 2. The zero-order valence-corrected chi connectivity index (χ0v) is 18.0. The summed E-state index contributed by atoms with van der Waals surface area (Å²) < 4.78 is 6.04. The number of piperidine rings is 1. The molecule has 4 rings (SSSR count). The predicted molar refractivity (Wildman–Crippen MR) is 122 cm³/mol. The predicted octanol–water partition coefficient (Wildman–Crippen LogP) is 2.68. The van der Waals surface area contributed by atoms with Gasteiger partial charge < -0.3 is 20.2 Å². The Morgan fingerprint density at radius 1 is 1.15 bits per heavy atom. The fraction of sp³-hybridized carbons (Fsp3) is 0.250. The molecule has 1 saturated heterocycles. The van der Waals surface area contributed by atoms with E-state index in [4.69, 9.17) is 9.94 Å². The third kappa shape index (κ3) is 5.57. The van der Waals surface area contributed by atoms with Crippen LogP contribution in [0.4, 0.5) is 0 Å². The molecule has 0 saturated carbocycles. The van der Waals surface area contributed by atoms with E-state index >= 15 is 0 Å². The molecule has 1 aromatic heterocycles.